The number of aromatic amines is 1. The van der Waals surface area contributed by atoms with E-state index in [1.54, 1.807) is 6.20 Å². The predicted octanol–water partition coefficient (Wildman–Crippen LogP) is 1.41. The number of rotatable bonds is 8. The molecule has 0 unspecified atom stereocenters. The summed E-state index contributed by atoms with van der Waals surface area (Å²) in [5, 5.41) is 7.21. The van der Waals surface area contributed by atoms with E-state index >= 15 is 0 Å². The van der Waals surface area contributed by atoms with Crippen molar-refractivity contribution in [2.75, 3.05) is 31.2 Å². The number of nitrogens with zero attached hydrogens (tertiary/aromatic N) is 4. The molecule has 3 heterocycles. The van der Waals surface area contributed by atoms with E-state index in [9.17, 15) is 9.59 Å². The van der Waals surface area contributed by atoms with Crippen LogP contribution in [0.5, 0.6) is 0 Å². The summed E-state index contributed by atoms with van der Waals surface area (Å²) in [4.78, 5) is 34.5. The second kappa shape index (κ2) is 10.2. The van der Waals surface area contributed by atoms with Gasteiger partial charge in [0.1, 0.15) is 0 Å². The Labute approximate surface area is 186 Å². The molecule has 168 valence electrons. The van der Waals surface area contributed by atoms with Crippen LogP contribution in [0.4, 0.5) is 5.95 Å². The summed E-state index contributed by atoms with van der Waals surface area (Å²) in [5.41, 5.74) is 3.17. The van der Waals surface area contributed by atoms with E-state index in [4.69, 9.17) is 4.74 Å². The van der Waals surface area contributed by atoms with Crippen LogP contribution < -0.4 is 15.8 Å². The Kier molecular flexibility index (Phi) is 6.96. The minimum Gasteiger partial charge on any atom is -0.378 e. The van der Waals surface area contributed by atoms with Crippen LogP contribution in [0.25, 0.3) is 0 Å². The zero-order valence-electron chi connectivity index (χ0n) is 18.2. The number of ether oxygens (including phenoxy) is 1. The number of amides is 1. The van der Waals surface area contributed by atoms with Gasteiger partial charge in [0.05, 0.1) is 19.8 Å². The molecule has 1 fully saturated rings. The molecule has 0 spiro atoms. The van der Waals surface area contributed by atoms with Gasteiger partial charge in [-0.25, -0.2) is 4.98 Å². The molecule has 1 aliphatic rings. The quantitative estimate of drug-likeness (QED) is 0.553. The van der Waals surface area contributed by atoms with Crippen molar-refractivity contribution in [2.45, 2.75) is 32.9 Å². The Bertz CT molecular complexity index is 1100. The standard InChI is InChI=1S/C23H28N6O3/c1-17-20(22(31)27-23(26-17)28-11-13-32-14-12-28)7-8-21(30)24-15-18-5-2-3-6-19(18)16-29-10-4-9-25-29/h2-6,9-10H,7-8,11-16H2,1H3,(H,24,30)(H,26,27,31). The Morgan fingerprint density at radius 3 is 2.69 bits per heavy atom. The number of carbonyl (C=O) groups excluding carboxylic acids is 1. The van der Waals surface area contributed by atoms with E-state index in [0.29, 0.717) is 63.0 Å². The number of carbonyl (C=O) groups is 1. The first-order valence-corrected chi connectivity index (χ1v) is 10.8. The third-order valence-electron chi connectivity index (χ3n) is 5.61. The largest absolute Gasteiger partial charge is 0.378 e. The molecule has 1 saturated heterocycles. The second-order valence-corrected chi connectivity index (χ2v) is 7.80. The van der Waals surface area contributed by atoms with E-state index in [2.05, 4.69) is 20.4 Å². The summed E-state index contributed by atoms with van der Waals surface area (Å²) in [6.07, 6.45) is 4.23. The highest BCUT2D eigenvalue weighted by molar-refractivity contribution is 5.76. The lowest BCUT2D eigenvalue weighted by molar-refractivity contribution is -0.121. The van der Waals surface area contributed by atoms with Crippen LogP contribution in [-0.4, -0.2) is 52.0 Å². The first kappa shape index (κ1) is 21.8. The maximum absolute atomic E-state index is 12.6. The van der Waals surface area contributed by atoms with Gasteiger partial charge in [0.2, 0.25) is 11.9 Å². The Morgan fingerprint density at radius 1 is 1.19 bits per heavy atom. The minimum atomic E-state index is -0.184. The molecule has 1 aliphatic heterocycles. The minimum absolute atomic E-state index is 0.102. The molecule has 0 radical (unpaired) electrons. The number of benzene rings is 1. The average molecular weight is 437 g/mol. The molecule has 2 aromatic heterocycles. The van der Waals surface area contributed by atoms with Gasteiger partial charge < -0.3 is 15.0 Å². The van der Waals surface area contributed by atoms with Crippen molar-refractivity contribution in [3.8, 4) is 0 Å². The molecule has 0 atom stereocenters. The summed E-state index contributed by atoms with van der Waals surface area (Å²) in [7, 11) is 0. The van der Waals surface area contributed by atoms with Crippen LogP contribution in [0, 0.1) is 6.92 Å². The van der Waals surface area contributed by atoms with Gasteiger partial charge in [-0.1, -0.05) is 24.3 Å². The topological polar surface area (TPSA) is 105 Å². The zero-order valence-corrected chi connectivity index (χ0v) is 18.2. The molecule has 0 aliphatic carbocycles. The molecule has 9 nitrogen and oxygen atoms in total. The van der Waals surface area contributed by atoms with E-state index in [1.165, 1.54) is 0 Å². The van der Waals surface area contributed by atoms with Crippen molar-refractivity contribution in [3.63, 3.8) is 0 Å². The highest BCUT2D eigenvalue weighted by Crippen LogP contribution is 2.12. The van der Waals surface area contributed by atoms with E-state index in [-0.39, 0.29) is 17.9 Å². The highest BCUT2D eigenvalue weighted by atomic mass is 16.5. The van der Waals surface area contributed by atoms with Crippen molar-refractivity contribution in [2.24, 2.45) is 0 Å². The zero-order chi connectivity index (χ0) is 22.3. The highest BCUT2D eigenvalue weighted by Gasteiger charge is 2.17. The van der Waals surface area contributed by atoms with Crippen LogP contribution in [0.15, 0.2) is 47.5 Å². The van der Waals surface area contributed by atoms with E-state index in [1.807, 2.05) is 53.0 Å². The summed E-state index contributed by atoms with van der Waals surface area (Å²) < 4.78 is 7.20. The van der Waals surface area contributed by atoms with Gasteiger partial charge in [-0.3, -0.25) is 19.3 Å². The second-order valence-electron chi connectivity index (χ2n) is 7.80. The maximum Gasteiger partial charge on any atom is 0.255 e. The van der Waals surface area contributed by atoms with E-state index in [0.717, 1.165) is 11.1 Å². The SMILES string of the molecule is Cc1nc(N2CCOCC2)[nH]c(=O)c1CCC(=O)NCc1ccccc1Cn1cccn1. The molecule has 1 aromatic carbocycles. The summed E-state index contributed by atoms with van der Waals surface area (Å²) in [6.45, 7) is 5.54. The molecule has 4 rings (SSSR count). The third-order valence-corrected chi connectivity index (χ3v) is 5.61. The van der Waals surface area contributed by atoms with Crippen molar-refractivity contribution >= 4 is 11.9 Å². The first-order chi connectivity index (χ1) is 15.6. The lowest BCUT2D eigenvalue weighted by atomic mass is 10.1. The fourth-order valence-electron chi connectivity index (χ4n) is 3.79. The summed E-state index contributed by atoms with van der Waals surface area (Å²) in [5.74, 6) is 0.465. The van der Waals surface area contributed by atoms with Crippen LogP contribution in [0.1, 0.15) is 28.8 Å². The first-order valence-electron chi connectivity index (χ1n) is 10.8. The number of morpholine rings is 1. The number of nitrogens with one attached hydrogen (secondary N) is 2. The van der Waals surface area contributed by atoms with Crippen LogP contribution >= 0.6 is 0 Å². The van der Waals surface area contributed by atoms with Gasteiger partial charge in [0.25, 0.3) is 5.56 Å². The molecule has 3 aromatic rings. The van der Waals surface area contributed by atoms with Gasteiger partial charge >= 0.3 is 0 Å². The molecule has 2 N–H and O–H groups in total. The van der Waals surface area contributed by atoms with Crippen molar-refractivity contribution in [1.29, 1.82) is 0 Å². The van der Waals surface area contributed by atoms with E-state index < -0.39 is 0 Å². The molecular formula is C23H28N6O3. The number of hydrogen-bond donors (Lipinski definition) is 2. The van der Waals surface area contributed by atoms with Crippen molar-refractivity contribution in [3.05, 3.63) is 75.5 Å². The predicted molar refractivity (Wildman–Crippen MR) is 121 cm³/mol. The van der Waals surface area contributed by atoms with Gasteiger partial charge in [-0.2, -0.15) is 5.10 Å². The molecular weight excluding hydrogens is 408 g/mol. The lowest BCUT2D eigenvalue weighted by Gasteiger charge is -2.27. The molecule has 0 bridgehead atoms. The number of aromatic nitrogens is 4. The fourth-order valence-corrected chi connectivity index (χ4v) is 3.79. The fraction of sp³-hybridized carbons (Fsp3) is 0.391. The molecule has 9 heteroatoms. The molecule has 0 saturated carbocycles. The number of hydrogen-bond acceptors (Lipinski definition) is 6. The van der Waals surface area contributed by atoms with Gasteiger partial charge in [0.15, 0.2) is 0 Å². The smallest absolute Gasteiger partial charge is 0.255 e. The molecule has 1 amide bonds. The normalized spacial score (nSPS) is 13.8. The van der Waals surface area contributed by atoms with Gasteiger partial charge in [-0.05, 0) is 30.5 Å². The number of H-pyrrole nitrogens is 1. The number of aryl methyl sites for hydroxylation is 1. The number of anilines is 1. The van der Waals surface area contributed by atoms with Gasteiger partial charge in [-0.15, -0.1) is 0 Å². The Hall–Kier alpha value is -3.46. The average Bonchev–Trinajstić information content (AvgIpc) is 3.31. The van der Waals surface area contributed by atoms with Crippen LogP contribution in [0.3, 0.4) is 0 Å². The summed E-state index contributed by atoms with van der Waals surface area (Å²) in [6, 6.07) is 9.86. The van der Waals surface area contributed by atoms with Crippen LogP contribution in [0.2, 0.25) is 0 Å². The third kappa shape index (κ3) is 5.42. The Balaban J connectivity index is 1.33. The monoisotopic (exact) mass is 436 g/mol. The lowest BCUT2D eigenvalue weighted by Crippen LogP contribution is -2.38. The maximum atomic E-state index is 12.6. The Morgan fingerprint density at radius 2 is 1.97 bits per heavy atom. The van der Waals surface area contributed by atoms with Gasteiger partial charge in [0, 0.05) is 49.7 Å². The van der Waals surface area contributed by atoms with Crippen LogP contribution in [-0.2, 0) is 29.0 Å². The molecule has 32 heavy (non-hydrogen) atoms. The van der Waals surface area contributed by atoms with Crippen molar-refractivity contribution < 1.29 is 9.53 Å². The summed E-state index contributed by atoms with van der Waals surface area (Å²) >= 11 is 0. The van der Waals surface area contributed by atoms with Crippen molar-refractivity contribution in [1.82, 2.24) is 25.1 Å².